The molecule has 1 aliphatic carbocycles. The van der Waals surface area contributed by atoms with Crippen LogP contribution in [0.2, 0.25) is 0 Å². The highest BCUT2D eigenvalue weighted by molar-refractivity contribution is 14.0. The van der Waals surface area contributed by atoms with E-state index in [9.17, 15) is 0 Å². The van der Waals surface area contributed by atoms with Gasteiger partial charge in [-0.2, -0.15) is 0 Å². The molecule has 2 fully saturated rings. The summed E-state index contributed by atoms with van der Waals surface area (Å²) in [4.78, 5) is 17.6. The highest BCUT2D eigenvalue weighted by Crippen LogP contribution is 2.26. The fourth-order valence-electron chi connectivity index (χ4n) is 3.46. The number of nitrogens with zero attached hydrogens (tertiary/aromatic N) is 5. The minimum Gasteiger partial charge on any atom is -0.381 e. The molecule has 0 unspecified atom stereocenters. The first-order valence-electron chi connectivity index (χ1n) is 8.86. The van der Waals surface area contributed by atoms with Gasteiger partial charge in [-0.1, -0.05) is 0 Å². The van der Waals surface area contributed by atoms with Gasteiger partial charge in [-0.15, -0.1) is 24.0 Å². The van der Waals surface area contributed by atoms with E-state index in [1.54, 1.807) is 19.5 Å². The largest absolute Gasteiger partial charge is 0.381 e. The zero-order chi connectivity index (χ0) is 16.8. The van der Waals surface area contributed by atoms with Crippen molar-refractivity contribution >= 4 is 35.9 Å². The molecule has 0 radical (unpaired) electrons. The first-order valence-corrected chi connectivity index (χ1v) is 8.86. The monoisotopic (exact) mass is 460 g/mol. The van der Waals surface area contributed by atoms with Crippen LogP contribution >= 0.6 is 24.0 Å². The summed E-state index contributed by atoms with van der Waals surface area (Å²) in [6.07, 6.45) is 8.67. The van der Waals surface area contributed by atoms with Crippen molar-refractivity contribution in [2.24, 2.45) is 16.6 Å². The second-order valence-electron chi connectivity index (χ2n) is 6.60. The number of piperazine rings is 1. The number of halogens is 1. The first kappa shape index (κ1) is 20.2. The molecule has 1 aromatic rings. The number of guanidine groups is 1. The van der Waals surface area contributed by atoms with Crippen LogP contribution in [-0.2, 0) is 4.74 Å². The zero-order valence-corrected chi connectivity index (χ0v) is 17.2. The van der Waals surface area contributed by atoms with Crippen molar-refractivity contribution in [3.05, 3.63) is 18.5 Å². The van der Waals surface area contributed by atoms with E-state index < -0.39 is 0 Å². The van der Waals surface area contributed by atoms with Crippen molar-refractivity contribution in [2.45, 2.75) is 31.8 Å². The summed E-state index contributed by atoms with van der Waals surface area (Å²) in [5.41, 5.74) is 6.20. The predicted molar refractivity (Wildman–Crippen MR) is 110 cm³/mol. The second kappa shape index (κ2) is 10.1. The Morgan fingerprint density at radius 2 is 1.80 bits per heavy atom. The molecule has 1 saturated heterocycles. The minimum atomic E-state index is 0. The van der Waals surface area contributed by atoms with E-state index in [4.69, 9.17) is 10.5 Å². The van der Waals surface area contributed by atoms with Crippen LogP contribution in [-0.4, -0.2) is 66.8 Å². The van der Waals surface area contributed by atoms with Gasteiger partial charge in [-0.25, -0.2) is 9.97 Å². The number of aromatic nitrogens is 2. The lowest BCUT2D eigenvalue weighted by Gasteiger charge is -2.35. The summed E-state index contributed by atoms with van der Waals surface area (Å²) < 4.78 is 5.42. The molecule has 7 nitrogen and oxygen atoms in total. The summed E-state index contributed by atoms with van der Waals surface area (Å²) in [5, 5.41) is 0. The molecule has 140 valence electrons. The van der Waals surface area contributed by atoms with Gasteiger partial charge in [0.2, 0.25) is 5.95 Å². The highest BCUT2D eigenvalue weighted by Gasteiger charge is 2.22. The quantitative estimate of drug-likeness (QED) is 0.419. The molecule has 2 N–H and O–H groups in total. The molecule has 1 aromatic heterocycles. The van der Waals surface area contributed by atoms with Crippen LogP contribution in [0, 0.1) is 5.92 Å². The van der Waals surface area contributed by atoms with Gasteiger partial charge in [0.15, 0.2) is 5.96 Å². The number of rotatable bonds is 4. The Morgan fingerprint density at radius 3 is 2.40 bits per heavy atom. The summed E-state index contributed by atoms with van der Waals surface area (Å²) >= 11 is 0. The van der Waals surface area contributed by atoms with E-state index in [-0.39, 0.29) is 24.0 Å². The molecule has 0 aromatic carbocycles. The second-order valence-corrected chi connectivity index (χ2v) is 6.60. The van der Waals surface area contributed by atoms with E-state index in [1.165, 1.54) is 12.8 Å². The van der Waals surface area contributed by atoms with Gasteiger partial charge in [-0.3, -0.25) is 4.99 Å². The van der Waals surface area contributed by atoms with Gasteiger partial charge in [-0.05, 0) is 37.7 Å². The van der Waals surface area contributed by atoms with Gasteiger partial charge in [0.1, 0.15) is 0 Å². The number of anilines is 1. The molecule has 0 spiro atoms. The van der Waals surface area contributed by atoms with Gasteiger partial charge in [0, 0.05) is 52.2 Å². The number of methoxy groups -OCH3 is 1. The lowest BCUT2D eigenvalue weighted by Crippen LogP contribution is -2.51. The van der Waals surface area contributed by atoms with Crippen molar-refractivity contribution in [1.29, 1.82) is 0 Å². The molecule has 2 heterocycles. The molecule has 25 heavy (non-hydrogen) atoms. The fourth-order valence-corrected chi connectivity index (χ4v) is 3.46. The minimum absolute atomic E-state index is 0. The summed E-state index contributed by atoms with van der Waals surface area (Å²) in [7, 11) is 1.81. The van der Waals surface area contributed by atoms with E-state index in [1.807, 2.05) is 6.07 Å². The predicted octanol–water partition coefficient (Wildman–Crippen LogP) is 1.74. The van der Waals surface area contributed by atoms with Crippen molar-refractivity contribution in [3.63, 3.8) is 0 Å². The van der Waals surface area contributed by atoms with Crippen molar-refractivity contribution in [1.82, 2.24) is 14.9 Å². The SMILES string of the molecule is COC1CCC(CN=C(N)N2CCN(c3ncccn3)CC2)CC1.I. The van der Waals surface area contributed by atoms with Crippen LogP contribution < -0.4 is 10.6 Å². The maximum absolute atomic E-state index is 6.20. The number of hydrogen-bond donors (Lipinski definition) is 1. The van der Waals surface area contributed by atoms with Crippen molar-refractivity contribution < 1.29 is 4.74 Å². The molecular weight excluding hydrogens is 431 g/mol. The van der Waals surface area contributed by atoms with Crippen molar-refractivity contribution in [2.75, 3.05) is 44.7 Å². The number of nitrogens with two attached hydrogens (primary N) is 1. The zero-order valence-electron chi connectivity index (χ0n) is 14.9. The lowest BCUT2D eigenvalue weighted by atomic mass is 9.87. The Hall–Kier alpha value is -1.16. The van der Waals surface area contributed by atoms with Crippen LogP contribution in [0.15, 0.2) is 23.5 Å². The molecule has 1 saturated carbocycles. The van der Waals surface area contributed by atoms with Gasteiger partial charge >= 0.3 is 0 Å². The van der Waals surface area contributed by atoms with E-state index >= 15 is 0 Å². The maximum atomic E-state index is 6.20. The smallest absolute Gasteiger partial charge is 0.225 e. The summed E-state index contributed by atoms with van der Waals surface area (Å²) in [6, 6.07) is 1.84. The van der Waals surface area contributed by atoms with Crippen LogP contribution in [0.5, 0.6) is 0 Å². The summed E-state index contributed by atoms with van der Waals surface area (Å²) in [6.45, 7) is 4.32. The average molecular weight is 460 g/mol. The normalized spacial score (nSPS) is 24.8. The Kier molecular flexibility index (Phi) is 8.14. The molecule has 0 atom stereocenters. The molecule has 0 amide bonds. The van der Waals surface area contributed by atoms with Crippen LogP contribution in [0.1, 0.15) is 25.7 Å². The van der Waals surface area contributed by atoms with E-state index in [2.05, 4.69) is 24.8 Å². The highest BCUT2D eigenvalue weighted by atomic mass is 127. The first-order chi connectivity index (χ1) is 11.8. The van der Waals surface area contributed by atoms with Gasteiger partial charge in [0.25, 0.3) is 0 Å². The molecule has 3 rings (SSSR count). The molecule has 0 bridgehead atoms. The third-order valence-electron chi connectivity index (χ3n) is 5.08. The van der Waals surface area contributed by atoms with E-state index in [0.29, 0.717) is 18.0 Å². The Balaban J connectivity index is 0.00000225. The van der Waals surface area contributed by atoms with Crippen molar-refractivity contribution in [3.8, 4) is 0 Å². The van der Waals surface area contributed by atoms with Gasteiger partial charge < -0.3 is 20.3 Å². The number of hydrogen-bond acceptors (Lipinski definition) is 5. The Bertz CT molecular complexity index is 527. The van der Waals surface area contributed by atoms with Gasteiger partial charge in [0.05, 0.1) is 6.10 Å². The Morgan fingerprint density at radius 1 is 1.16 bits per heavy atom. The van der Waals surface area contributed by atoms with Crippen LogP contribution in [0.4, 0.5) is 5.95 Å². The Labute approximate surface area is 167 Å². The number of ether oxygens (including phenoxy) is 1. The van der Waals surface area contributed by atoms with Crippen LogP contribution in [0.25, 0.3) is 0 Å². The lowest BCUT2D eigenvalue weighted by molar-refractivity contribution is 0.0580. The third kappa shape index (κ3) is 5.67. The maximum Gasteiger partial charge on any atom is 0.225 e. The standard InChI is InChI=1S/C17H28N6O.HI/c1-24-15-5-3-14(4-6-15)13-21-16(18)22-9-11-23(12-10-22)17-19-7-2-8-20-17;/h2,7-8,14-15H,3-6,9-13H2,1H3,(H2,18,21);1H. The fraction of sp³-hybridized carbons (Fsp3) is 0.706. The average Bonchev–Trinajstić information content (AvgIpc) is 2.67. The molecule has 1 aliphatic heterocycles. The molecule has 8 heteroatoms. The van der Waals surface area contributed by atoms with Crippen LogP contribution in [0.3, 0.4) is 0 Å². The van der Waals surface area contributed by atoms with E-state index in [0.717, 1.165) is 51.5 Å². The third-order valence-corrected chi connectivity index (χ3v) is 5.08. The topological polar surface area (TPSA) is 79.9 Å². The number of aliphatic imine (C=N–C) groups is 1. The molecular formula is C17H29IN6O. The summed E-state index contributed by atoms with van der Waals surface area (Å²) in [5.74, 6) is 2.12. The molecule has 2 aliphatic rings.